The number of hydrogen-bond acceptors (Lipinski definition) is 4. The van der Waals surface area contributed by atoms with E-state index < -0.39 is 0 Å². The molecule has 2 N–H and O–H groups in total. The van der Waals surface area contributed by atoms with E-state index in [1.165, 1.54) is 17.4 Å². The number of aromatic amines is 1. The number of aromatic nitrogens is 4. The predicted molar refractivity (Wildman–Crippen MR) is 105 cm³/mol. The van der Waals surface area contributed by atoms with Gasteiger partial charge in [0.1, 0.15) is 0 Å². The molecule has 3 heterocycles. The Morgan fingerprint density at radius 2 is 2.19 bits per heavy atom. The van der Waals surface area contributed by atoms with E-state index in [9.17, 15) is 4.79 Å². The van der Waals surface area contributed by atoms with Crippen molar-refractivity contribution in [3.63, 3.8) is 0 Å². The minimum atomic E-state index is -0.217. The van der Waals surface area contributed by atoms with E-state index in [-0.39, 0.29) is 5.91 Å². The highest BCUT2D eigenvalue weighted by molar-refractivity contribution is 7.14. The van der Waals surface area contributed by atoms with Gasteiger partial charge in [0.25, 0.3) is 0 Å². The number of fused-ring (bicyclic) bond motifs is 1. The Morgan fingerprint density at radius 3 is 3.00 bits per heavy atom. The topological polar surface area (TPSA) is 75.6 Å². The van der Waals surface area contributed by atoms with E-state index in [1.54, 1.807) is 17.0 Å². The van der Waals surface area contributed by atoms with E-state index >= 15 is 0 Å². The highest BCUT2D eigenvalue weighted by atomic mass is 32.1. The molecule has 4 aromatic rings. The zero-order chi connectivity index (χ0) is 18.1. The van der Waals surface area contributed by atoms with Crippen LogP contribution >= 0.6 is 11.3 Å². The first-order chi connectivity index (χ1) is 12.6. The van der Waals surface area contributed by atoms with Gasteiger partial charge in [-0.25, -0.2) is 4.98 Å². The largest absolute Gasteiger partial charge is 0.358 e. The first-order valence-electron chi connectivity index (χ1n) is 8.11. The van der Waals surface area contributed by atoms with Crippen LogP contribution in [0.4, 0.5) is 5.13 Å². The maximum absolute atomic E-state index is 12.1. The minimum absolute atomic E-state index is 0.217. The molecule has 0 spiro atoms. The van der Waals surface area contributed by atoms with Gasteiger partial charge in [-0.15, -0.1) is 11.3 Å². The predicted octanol–water partition coefficient (Wildman–Crippen LogP) is 3.99. The molecule has 0 atom stereocenters. The minimum Gasteiger partial charge on any atom is -0.358 e. The van der Waals surface area contributed by atoms with E-state index in [0.717, 1.165) is 33.4 Å². The third-order valence-electron chi connectivity index (χ3n) is 4.04. The summed E-state index contributed by atoms with van der Waals surface area (Å²) >= 11 is 1.41. The van der Waals surface area contributed by atoms with Crippen LogP contribution in [-0.4, -0.2) is 25.7 Å². The quantitative estimate of drug-likeness (QED) is 0.538. The fraction of sp³-hybridized carbons (Fsp3) is 0.105. The number of carbonyl (C=O) groups excluding carboxylic acids is 1. The molecule has 6 nitrogen and oxygen atoms in total. The average Bonchev–Trinajstić information content (AvgIpc) is 3.31. The van der Waals surface area contributed by atoms with Crippen LogP contribution in [0.2, 0.25) is 0 Å². The van der Waals surface area contributed by atoms with E-state index in [1.807, 2.05) is 43.7 Å². The first kappa shape index (κ1) is 16.3. The van der Waals surface area contributed by atoms with Gasteiger partial charge in [0, 0.05) is 52.4 Å². The molecule has 26 heavy (non-hydrogen) atoms. The smallest absolute Gasteiger partial charge is 0.250 e. The fourth-order valence-corrected chi connectivity index (χ4v) is 3.60. The van der Waals surface area contributed by atoms with Crippen LogP contribution in [0.1, 0.15) is 11.3 Å². The molecule has 1 aromatic carbocycles. The second kappa shape index (κ2) is 6.61. The molecular formula is C19H17N5OS. The standard InChI is InChI=1S/C19H17N5OS/c1-12-18(14-5-3-4-6-15(14)21-12)16-11-26-19(22-16)23-17(25)8-7-13-9-20-24(2)10-13/h3-11,21H,1-2H3,(H,22,23,25). The van der Waals surface area contributed by atoms with Crippen LogP contribution in [0.25, 0.3) is 28.2 Å². The molecule has 4 rings (SSSR count). The van der Waals surface area contributed by atoms with E-state index in [2.05, 4.69) is 26.4 Å². The number of carbonyl (C=O) groups is 1. The number of amides is 1. The lowest BCUT2D eigenvalue weighted by atomic mass is 10.1. The number of nitrogens with one attached hydrogen (secondary N) is 2. The third kappa shape index (κ3) is 3.16. The zero-order valence-corrected chi connectivity index (χ0v) is 15.2. The second-order valence-electron chi connectivity index (χ2n) is 5.98. The van der Waals surface area contributed by atoms with Crippen molar-refractivity contribution in [1.82, 2.24) is 19.7 Å². The molecule has 0 saturated heterocycles. The first-order valence-corrected chi connectivity index (χ1v) is 8.99. The molecule has 130 valence electrons. The van der Waals surface area contributed by atoms with Crippen LogP contribution in [0, 0.1) is 6.92 Å². The summed E-state index contributed by atoms with van der Waals surface area (Å²) in [6, 6.07) is 8.13. The highest BCUT2D eigenvalue weighted by Crippen LogP contribution is 2.33. The lowest BCUT2D eigenvalue weighted by Crippen LogP contribution is -2.07. The van der Waals surface area contributed by atoms with Gasteiger partial charge in [-0.2, -0.15) is 5.10 Å². The van der Waals surface area contributed by atoms with Crippen LogP contribution in [0.5, 0.6) is 0 Å². The van der Waals surface area contributed by atoms with Crippen molar-refractivity contribution in [2.75, 3.05) is 5.32 Å². The van der Waals surface area contributed by atoms with Gasteiger partial charge < -0.3 is 4.98 Å². The Bertz CT molecular complexity index is 1120. The Morgan fingerprint density at radius 1 is 1.35 bits per heavy atom. The lowest BCUT2D eigenvalue weighted by molar-refractivity contribution is -0.111. The monoisotopic (exact) mass is 363 g/mol. The number of aryl methyl sites for hydroxylation is 2. The summed E-state index contributed by atoms with van der Waals surface area (Å²) in [6.45, 7) is 2.03. The maximum Gasteiger partial charge on any atom is 0.250 e. The molecular weight excluding hydrogens is 346 g/mol. The molecule has 0 unspecified atom stereocenters. The number of H-pyrrole nitrogens is 1. The molecule has 0 radical (unpaired) electrons. The van der Waals surface area contributed by atoms with Crippen molar-refractivity contribution in [1.29, 1.82) is 0 Å². The van der Waals surface area contributed by atoms with Crippen LogP contribution in [-0.2, 0) is 11.8 Å². The Hall–Kier alpha value is -3.19. The third-order valence-corrected chi connectivity index (χ3v) is 4.79. The van der Waals surface area contributed by atoms with Crippen LogP contribution in [0.3, 0.4) is 0 Å². The molecule has 1 amide bonds. The van der Waals surface area contributed by atoms with Crippen molar-refractivity contribution >= 4 is 39.4 Å². The van der Waals surface area contributed by atoms with Crippen molar-refractivity contribution in [2.45, 2.75) is 6.92 Å². The highest BCUT2D eigenvalue weighted by Gasteiger charge is 2.14. The summed E-state index contributed by atoms with van der Waals surface area (Å²) in [6.07, 6.45) is 6.74. The summed E-state index contributed by atoms with van der Waals surface area (Å²) in [5, 5.41) is 10.5. The van der Waals surface area contributed by atoms with Gasteiger partial charge in [-0.05, 0) is 19.1 Å². The molecule has 0 fully saturated rings. The normalized spacial score (nSPS) is 11.5. The van der Waals surface area contributed by atoms with E-state index in [4.69, 9.17) is 0 Å². The second-order valence-corrected chi connectivity index (χ2v) is 6.84. The van der Waals surface area contributed by atoms with Crippen molar-refractivity contribution in [2.24, 2.45) is 7.05 Å². The summed E-state index contributed by atoms with van der Waals surface area (Å²) in [5.41, 5.74) is 4.94. The Balaban J connectivity index is 1.53. The van der Waals surface area contributed by atoms with Gasteiger partial charge in [-0.3, -0.25) is 14.8 Å². The summed E-state index contributed by atoms with van der Waals surface area (Å²) in [4.78, 5) is 20.1. The molecule has 0 aliphatic heterocycles. The number of rotatable bonds is 4. The number of nitrogens with zero attached hydrogens (tertiary/aromatic N) is 3. The number of benzene rings is 1. The molecule has 0 saturated carbocycles. The molecule has 0 bridgehead atoms. The molecule has 3 aromatic heterocycles. The van der Waals surface area contributed by atoms with Crippen molar-refractivity contribution in [3.05, 3.63) is 59.4 Å². The lowest BCUT2D eigenvalue weighted by Gasteiger charge is -1.98. The number of para-hydroxylation sites is 1. The maximum atomic E-state index is 12.1. The Labute approximate surface area is 154 Å². The van der Waals surface area contributed by atoms with Crippen molar-refractivity contribution < 1.29 is 4.79 Å². The SMILES string of the molecule is Cc1[nH]c2ccccc2c1-c1csc(NC(=O)C=Cc2cnn(C)c2)n1. The summed E-state index contributed by atoms with van der Waals surface area (Å²) in [5.74, 6) is -0.217. The molecule has 7 heteroatoms. The number of anilines is 1. The molecule has 0 aliphatic rings. The van der Waals surface area contributed by atoms with Crippen molar-refractivity contribution in [3.8, 4) is 11.3 Å². The van der Waals surface area contributed by atoms with Gasteiger partial charge in [0.2, 0.25) is 5.91 Å². The summed E-state index contributed by atoms with van der Waals surface area (Å²) < 4.78 is 1.69. The number of hydrogen-bond donors (Lipinski definition) is 2. The van der Waals surface area contributed by atoms with Gasteiger partial charge in [-0.1, -0.05) is 18.2 Å². The van der Waals surface area contributed by atoms with Gasteiger partial charge >= 0.3 is 0 Å². The summed E-state index contributed by atoms with van der Waals surface area (Å²) in [7, 11) is 1.83. The van der Waals surface area contributed by atoms with Gasteiger partial charge in [0.05, 0.1) is 11.9 Å². The Kier molecular flexibility index (Phi) is 4.14. The average molecular weight is 363 g/mol. The fourth-order valence-electron chi connectivity index (χ4n) is 2.90. The van der Waals surface area contributed by atoms with Gasteiger partial charge in [0.15, 0.2) is 5.13 Å². The molecule has 0 aliphatic carbocycles. The zero-order valence-electron chi connectivity index (χ0n) is 14.4. The van der Waals surface area contributed by atoms with E-state index in [0.29, 0.717) is 5.13 Å². The van der Waals surface area contributed by atoms with Crippen LogP contribution in [0.15, 0.2) is 48.1 Å². The van der Waals surface area contributed by atoms with Crippen LogP contribution < -0.4 is 5.32 Å². The number of thiazole rings is 1.